The van der Waals surface area contributed by atoms with E-state index in [1.54, 1.807) is 7.11 Å². The third-order valence-corrected chi connectivity index (χ3v) is 3.03. The number of aliphatic hydroxyl groups excluding tert-OH is 1. The van der Waals surface area contributed by atoms with E-state index in [0.717, 1.165) is 18.8 Å². The van der Waals surface area contributed by atoms with Gasteiger partial charge in [-0.3, -0.25) is 0 Å². The zero-order valence-corrected chi connectivity index (χ0v) is 11.4. The Balaban J connectivity index is 2.48. The molecular weight excluding hydrogens is 230 g/mol. The molecule has 0 aliphatic rings. The summed E-state index contributed by atoms with van der Waals surface area (Å²) in [5.74, 6) is 0.811. The monoisotopic (exact) mass is 253 g/mol. The molecule has 0 saturated carbocycles. The van der Waals surface area contributed by atoms with Crippen LogP contribution in [0.25, 0.3) is 0 Å². The van der Waals surface area contributed by atoms with Gasteiger partial charge in [0.25, 0.3) is 0 Å². The molecule has 0 aromatic heterocycles. The topological polar surface area (TPSA) is 50.7 Å². The van der Waals surface area contributed by atoms with Crippen LogP contribution in [-0.4, -0.2) is 44.6 Å². The molecule has 0 saturated heterocycles. The van der Waals surface area contributed by atoms with Crippen molar-refractivity contribution in [2.24, 2.45) is 0 Å². The lowest BCUT2D eigenvalue weighted by atomic mass is 10.1. The van der Waals surface area contributed by atoms with Crippen molar-refractivity contribution in [3.05, 3.63) is 29.8 Å². The molecule has 0 bridgehead atoms. The number of hydrogen-bond donors (Lipinski definition) is 2. The molecule has 0 radical (unpaired) electrons. The van der Waals surface area contributed by atoms with Crippen molar-refractivity contribution < 1.29 is 14.6 Å². The van der Waals surface area contributed by atoms with E-state index < -0.39 is 5.54 Å². The molecule has 0 fully saturated rings. The Bertz CT molecular complexity index is 333. The van der Waals surface area contributed by atoms with E-state index in [2.05, 4.69) is 5.32 Å². The molecule has 0 spiro atoms. The number of hydrogen-bond acceptors (Lipinski definition) is 4. The van der Waals surface area contributed by atoms with Crippen molar-refractivity contribution in [1.82, 2.24) is 5.32 Å². The number of nitrogens with one attached hydrogen (secondary N) is 1. The van der Waals surface area contributed by atoms with Gasteiger partial charge in [0.05, 0.1) is 18.8 Å². The Morgan fingerprint density at radius 2 is 1.94 bits per heavy atom. The minimum atomic E-state index is -0.408. The first-order valence-corrected chi connectivity index (χ1v) is 6.14. The van der Waals surface area contributed by atoms with Crippen molar-refractivity contribution in [3.63, 3.8) is 0 Å². The van der Waals surface area contributed by atoms with Gasteiger partial charge in [0.1, 0.15) is 12.4 Å². The van der Waals surface area contributed by atoms with Gasteiger partial charge in [-0.1, -0.05) is 12.1 Å². The summed E-state index contributed by atoms with van der Waals surface area (Å²) in [6.45, 7) is 3.11. The maximum Gasteiger partial charge on any atom is 0.119 e. The summed E-state index contributed by atoms with van der Waals surface area (Å²) in [6, 6.07) is 7.95. The van der Waals surface area contributed by atoms with Crippen LogP contribution in [-0.2, 0) is 11.2 Å². The average molecular weight is 253 g/mol. The van der Waals surface area contributed by atoms with Crippen molar-refractivity contribution in [2.75, 3.05) is 34.0 Å². The maximum absolute atomic E-state index is 9.25. The van der Waals surface area contributed by atoms with Crippen molar-refractivity contribution >= 4 is 0 Å². The van der Waals surface area contributed by atoms with Gasteiger partial charge in [-0.2, -0.15) is 0 Å². The molecule has 0 amide bonds. The predicted molar refractivity (Wildman–Crippen MR) is 72.1 cm³/mol. The fraction of sp³-hybridized carbons (Fsp3) is 0.571. The molecule has 0 aliphatic heterocycles. The fourth-order valence-electron chi connectivity index (χ4n) is 1.41. The normalized spacial score (nSPS) is 14.2. The Kier molecular flexibility index (Phi) is 6.12. The summed E-state index contributed by atoms with van der Waals surface area (Å²) in [5.41, 5.74) is 0.817. The second kappa shape index (κ2) is 7.36. The molecule has 4 heteroatoms. The summed E-state index contributed by atoms with van der Waals surface area (Å²) in [4.78, 5) is 0. The second-order valence-corrected chi connectivity index (χ2v) is 4.64. The molecule has 1 atom stereocenters. The van der Waals surface area contributed by atoms with Crippen LogP contribution < -0.4 is 10.1 Å². The first-order chi connectivity index (χ1) is 8.63. The van der Waals surface area contributed by atoms with Gasteiger partial charge < -0.3 is 19.9 Å². The Labute approximate surface area is 109 Å². The predicted octanol–water partition coefficient (Wildman–Crippen LogP) is 1.22. The number of likely N-dealkylation sites (N-methyl/N-ethyl adjacent to an activating group) is 1. The van der Waals surface area contributed by atoms with Crippen LogP contribution >= 0.6 is 0 Å². The Morgan fingerprint density at radius 3 is 2.44 bits per heavy atom. The molecule has 1 unspecified atom stereocenters. The van der Waals surface area contributed by atoms with Crippen LogP contribution in [0.5, 0.6) is 5.75 Å². The maximum atomic E-state index is 9.25. The first-order valence-electron chi connectivity index (χ1n) is 6.14. The van der Waals surface area contributed by atoms with Crippen LogP contribution in [0.15, 0.2) is 24.3 Å². The summed E-state index contributed by atoms with van der Waals surface area (Å²) in [5, 5.41) is 12.3. The SMILES string of the molecule is CNC(C)(CO)COc1ccc(CCOC)cc1. The largest absolute Gasteiger partial charge is 0.492 e. The number of methoxy groups -OCH3 is 1. The minimum absolute atomic E-state index is 0.0371. The van der Waals surface area contributed by atoms with Gasteiger partial charge in [-0.05, 0) is 38.1 Å². The summed E-state index contributed by atoms with van der Waals surface area (Å²) in [6.07, 6.45) is 0.904. The van der Waals surface area contributed by atoms with Gasteiger partial charge in [-0.25, -0.2) is 0 Å². The third-order valence-electron chi connectivity index (χ3n) is 3.03. The molecular formula is C14H23NO3. The second-order valence-electron chi connectivity index (χ2n) is 4.64. The number of rotatable bonds is 8. The smallest absolute Gasteiger partial charge is 0.119 e. The molecule has 2 N–H and O–H groups in total. The van der Waals surface area contributed by atoms with E-state index in [1.165, 1.54) is 5.56 Å². The highest BCUT2D eigenvalue weighted by molar-refractivity contribution is 5.27. The molecule has 1 aromatic rings. The molecule has 102 valence electrons. The van der Waals surface area contributed by atoms with Crippen LogP contribution in [0.4, 0.5) is 0 Å². The molecule has 0 heterocycles. The fourth-order valence-corrected chi connectivity index (χ4v) is 1.41. The van der Waals surface area contributed by atoms with Crippen molar-refractivity contribution in [3.8, 4) is 5.75 Å². The summed E-state index contributed by atoms with van der Waals surface area (Å²) >= 11 is 0. The molecule has 0 aliphatic carbocycles. The summed E-state index contributed by atoms with van der Waals surface area (Å²) < 4.78 is 10.7. The lowest BCUT2D eigenvalue weighted by molar-refractivity contribution is 0.122. The van der Waals surface area contributed by atoms with E-state index in [9.17, 15) is 5.11 Å². The van der Waals surface area contributed by atoms with Gasteiger partial charge in [0.2, 0.25) is 0 Å². The lowest BCUT2D eigenvalue weighted by Crippen LogP contribution is -2.48. The van der Waals surface area contributed by atoms with E-state index in [1.807, 2.05) is 38.2 Å². The summed E-state index contributed by atoms with van der Waals surface area (Å²) in [7, 11) is 3.51. The molecule has 1 rings (SSSR count). The number of aliphatic hydroxyl groups is 1. The highest BCUT2D eigenvalue weighted by Gasteiger charge is 2.21. The van der Waals surface area contributed by atoms with Crippen LogP contribution in [0, 0.1) is 0 Å². The lowest BCUT2D eigenvalue weighted by Gasteiger charge is -2.26. The Morgan fingerprint density at radius 1 is 1.28 bits per heavy atom. The standard InChI is InChI=1S/C14H23NO3/c1-14(10-16,15-2)11-18-13-6-4-12(5-7-13)8-9-17-3/h4-7,15-16H,8-11H2,1-3H3. The third kappa shape index (κ3) is 4.64. The van der Waals surface area contributed by atoms with Gasteiger partial charge in [-0.15, -0.1) is 0 Å². The number of ether oxygens (including phenoxy) is 2. The highest BCUT2D eigenvalue weighted by atomic mass is 16.5. The van der Waals surface area contributed by atoms with E-state index >= 15 is 0 Å². The zero-order chi connectivity index (χ0) is 13.4. The van der Waals surface area contributed by atoms with Crippen LogP contribution in [0.1, 0.15) is 12.5 Å². The zero-order valence-electron chi connectivity index (χ0n) is 11.4. The highest BCUT2D eigenvalue weighted by Crippen LogP contribution is 2.14. The van der Waals surface area contributed by atoms with Gasteiger partial charge >= 0.3 is 0 Å². The first kappa shape index (κ1) is 15.0. The van der Waals surface area contributed by atoms with Crippen LogP contribution in [0.2, 0.25) is 0 Å². The van der Waals surface area contributed by atoms with Gasteiger partial charge in [0, 0.05) is 7.11 Å². The van der Waals surface area contributed by atoms with Crippen LogP contribution in [0.3, 0.4) is 0 Å². The van der Waals surface area contributed by atoms with E-state index in [0.29, 0.717) is 6.61 Å². The quantitative estimate of drug-likeness (QED) is 0.731. The number of benzene rings is 1. The van der Waals surface area contributed by atoms with Gasteiger partial charge in [0.15, 0.2) is 0 Å². The van der Waals surface area contributed by atoms with E-state index in [-0.39, 0.29) is 6.61 Å². The average Bonchev–Trinajstić information content (AvgIpc) is 2.43. The molecule has 4 nitrogen and oxygen atoms in total. The molecule has 1 aromatic carbocycles. The molecule has 18 heavy (non-hydrogen) atoms. The minimum Gasteiger partial charge on any atom is -0.492 e. The Hall–Kier alpha value is -1.10. The van der Waals surface area contributed by atoms with E-state index in [4.69, 9.17) is 9.47 Å². The van der Waals surface area contributed by atoms with Crippen molar-refractivity contribution in [1.29, 1.82) is 0 Å². The van der Waals surface area contributed by atoms with Crippen molar-refractivity contribution in [2.45, 2.75) is 18.9 Å².